The maximum Gasteiger partial charge on any atom is 0.0332 e. The molecule has 0 saturated heterocycles. The first kappa shape index (κ1) is 18.2. The number of nitrogens with zero attached hydrogens (tertiary/aromatic N) is 1. The third-order valence-electron chi connectivity index (χ3n) is 3.93. The fourth-order valence-electron chi connectivity index (χ4n) is 2.78. The van der Waals surface area contributed by atoms with E-state index in [0.29, 0.717) is 6.04 Å². The van der Waals surface area contributed by atoms with Crippen molar-refractivity contribution in [3.63, 3.8) is 0 Å². The van der Waals surface area contributed by atoms with E-state index in [-0.39, 0.29) is 0 Å². The Bertz CT molecular complexity index is 352. The van der Waals surface area contributed by atoms with E-state index in [4.69, 9.17) is 0 Å². The van der Waals surface area contributed by atoms with E-state index in [0.717, 1.165) is 6.54 Å². The lowest BCUT2D eigenvalue weighted by Crippen LogP contribution is -2.31. The quantitative estimate of drug-likeness (QED) is 0.643. The third kappa shape index (κ3) is 7.10. The van der Waals surface area contributed by atoms with E-state index >= 15 is 0 Å². The second kappa shape index (κ2) is 10.8. The van der Waals surface area contributed by atoms with Crippen molar-refractivity contribution in [2.45, 2.75) is 59.4 Å². The van der Waals surface area contributed by atoms with Gasteiger partial charge in [-0.05, 0) is 64.3 Å². The van der Waals surface area contributed by atoms with Crippen molar-refractivity contribution in [1.29, 1.82) is 0 Å². The molecule has 0 aromatic heterocycles. The molecule has 120 valence electrons. The van der Waals surface area contributed by atoms with E-state index in [9.17, 15) is 0 Å². The zero-order chi connectivity index (χ0) is 15.5. The van der Waals surface area contributed by atoms with Crippen LogP contribution in [0.4, 0.5) is 0 Å². The molecule has 0 amide bonds. The van der Waals surface area contributed by atoms with Crippen LogP contribution in [-0.4, -0.2) is 31.1 Å². The van der Waals surface area contributed by atoms with Gasteiger partial charge in [-0.15, -0.1) is 0 Å². The molecule has 0 heterocycles. The number of hydrogen-bond donors (Lipinski definition) is 1. The summed E-state index contributed by atoms with van der Waals surface area (Å²) >= 11 is 0. The minimum atomic E-state index is 0.488. The van der Waals surface area contributed by atoms with Crippen molar-refractivity contribution in [3.05, 3.63) is 35.4 Å². The Hall–Kier alpha value is -0.860. The van der Waals surface area contributed by atoms with Gasteiger partial charge in [0.05, 0.1) is 0 Å². The van der Waals surface area contributed by atoms with Crippen molar-refractivity contribution >= 4 is 0 Å². The van der Waals surface area contributed by atoms with Gasteiger partial charge >= 0.3 is 0 Å². The first-order chi connectivity index (χ1) is 10.2. The smallest absolute Gasteiger partial charge is 0.0332 e. The van der Waals surface area contributed by atoms with Crippen LogP contribution in [0.3, 0.4) is 0 Å². The van der Waals surface area contributed by atoms with E-state index < -0.39 is 0 Å². The molecular formula is C19H34N2. The lowest BCUT2D eigenvalue weighted by Gasteiger charge is -2.25. The highest BCUT2D eigenvalue weighted by Crippen LogP contribution is 2.18. The normalized spacial score (nSPS) is 12.8. The van der Waals surface area contributed by atoms with Crippen LogP contribution in [0, 0.1) is 6.92 Å². The van der Waals surface area contributed by atoms with Crippen LogP contribution in [0.25, 0.3) is 0 Å². The lowest BCUT2D eigenvalue weighted by molar-refractivity contribution is 0.257. The highest BCUT2D eigenvalue weighted by Gasteiger charge is 2.12. The molecular weight excluding hydrogens is 256 g/mol. The van der Waals surface area contributed by atoms with Gasteiger partial charge in [-0.3, -0.25) is 0 Å². The zero-order valence-corrected chi connectivity index (χ0v) is 14.5. The van der Waals surface area contributed by atoms with Crippen molar-refractivity contribution < 1.29 is 0 Å². The second-order valence-corrected chi connectivity index (χ2v) is 6.05. The van der Waals surface area contributed by atoms with Gasteiger partial charge in [-0.1, -0.05) is 50.6 Å². The average molecular weight is 290 g/mol. The maximum atomic E-state index is 3.72. The summed E-state index contributed by atoms with van der Waals surface area (Å²) in [6.45, 7) is 13.7. The Morgan fingerprint density at radius 1 is 0.905 bits per heavy atom. The summed E-state index contributed by atoms with van der Waals surface area (Å²) in [5.41, 5.74) is 2.77. The molecule has 1 aromatic carbocycles. The molecule has 1 aromatic rings. The first-order valence-corrected chi connectivity index (χ1v) is 8.73. The molecule has 0 saturated carbocycles. The monoisotopic (exact) mass is 290 g/mol. The molecule has 0 aliphatic heterocycles. The van der Waals surface area contributed by atoms with Gasteiger partial charge in [0.15, 0.2) is 0 Å². The summed E-state index contributed by atoms with van der Waals surface area (Å²) in [5.74, 6) is 0. The van der Waals surface area contributed by atoms with Gasteiger partial charge < -0.3 is 10.2 Å². The topological polar surface area (TPSA) is 15.3 Å². The molecule has 0 aliphatic rings. The molecule has 1 atom stereocenters. The highest BCUT2D eigenvalue weighted by molar-refractivity contribution is 5.24. The summed E-state index contributed by atoms with van der Waals surface area (Å²) in [6, 6.07) is 9.51. The van der Waals surface area contributed by atoms with Crippen LogP contribution >= 0.6 is 0 Å². The van der Waals surface area contributed by atoms with Crippen LogP contribution in [0.5, 0.6) is 0 Å². The number of rotatable bonds is 11. The predicted molar refractivity (Wildman–Crippen MR) is 93.9 cm³/mol. The average Bonchev–Trinajstić information content (AvgIpc) is 2.49. The SMILES string of the molecule is CCCNC(CCN(CCC)CCC)c1ccc(C)cc1. The number of hydrogen-bond acceptors (Lipinski definition) is 2. The largest absolute Gasteiger partial charge is 0.310 e. The lowest BCUT2D eigenvalue weighted by atomic mass is 10.0. The Kier molecular flexibility index (Phi) is 9.36. The summed E-state index contributed by atoms with van der Waals surface area (Å²) in [6.07, 6.45) is 4.88. The molecule has 0 aliphatic carbocycles. The molecule has 2 nitrogen and oxygen atoms in total. The van der Waals surface area contributed by atoms with Gasteiger partial charge in [-0.25, -0.2) is 0 Å². The molecule has 21 heavy (non-hydrogen) atoms. The fourth-order valence-corrected chi connectivity index (χ4v) is 2.78. The van der Waals surface area contributed by atoms with Crippen molar-refractivity contribution in [2.24, 2.45) is 0 Å². The zero-order valence-electron chi connectivity index (χ0n) is 14.5. The van der Waals surface area contributed by atoms with E-state index in [1.165, 1.54) is 56.4 Å². The van der Waals surface area contributed by atoms with Crippen LogP contribution < -0.4 is 5.32 Å². The van der Waals surface area contributed by atoms with Gasteiger partial charge in [0.2, 0.25) is 0 Å². The summed E-state index contributed by atoms with van der Waals surface area (Å²) in [4.78, 5) is 2.61. The maximum absolute atomic E-state index is 3.72. The van der Waals surface area contributed by atoms with Crippen molar-refractivity contribution in [1.82, 2.24) is 10.2 Å². The molecule has 1 unspecified atom stereocenters. The predicted octanol–water partition coefficient (Wildman–Crippen LogP) is 4.55. The van der Waals surface area contributed by atoms with Gasteiger partial charge in [-0.2, -0.15) is 0 Å². The molecule has 1 N–H and O–H groups in total. The van der Waals surface area contributed by atoms with Crippen LogP contribution in [0.15, 0.2) is 24.3 Å². The van der Waals surface area contributed by atoms with Gasteiger partial charge in [0.25, 0.3) is 0 Å². The van der Waals surface area contributed by atoms with Crippen molar-refractivity contribution in [3.8, 4) is 0 Å². The Labute approximate surface area is 131 Å². The molecule has 0 spiro atoms. The van der Waals surface area contributed by atoms with Gasteiger partial charge in [0.1, 0.15) is 0 Å². The van der Waals surface area contributed by atoms with Crippen LogP contribution in [0.1, 0.15) is 63.6 Å². The first-order valence-electron chi connectivity index (χ1n) is 8.73. The summed E-state index contributed by atoms with van der Waals surface area (Å²) < 4.78 is 0. The summed E-state index contributed by atoms with van der Waals surface area (Å²) in [5, 5.41) is 3.72. The Morgan fingerprint density at radius 2 is 1.52 bits per heavy atom. The summed E-state index contributed by atoms with van der Waals surface area (Å²) in [7, 11) is 0. The Balaban J connectivity index is 2.62. The number of nitrogens with one attached hydrogen (secondary N) is 1. The number of benzene rings is 1. The number of aryl methyl sites for hydroxylation is 1. The standard InChI is InChI=1S/C19H34N2/c1-5-13-20-19(18-10-8-17(4)9-11-18)12-16-21(14-6-2)15-7-3/h8-11,19-20H,5-7,12-16H2,1-4H3. The van der Waals surface area contributed by atoms with Gasteiger partial charge in [0, 0.05) is 6.04 Å². The van der Waals surface area contributed by atoms with E-state index in [1.807, 2.05) is 0 Å². The minimum Gasteiger partial charge on any atom is -0.310 e. The van der Waals surface area contributed by atoms with E-state index in [2.05, 4.69) is 62.2 Å². The molecule has 2 heteroatoms. The molecule has 0 bridgehead atoms. The highest BCUT2D eigenvalue weighted by atomic mass is 15.1. The van der Waals surface area contributed by atoms with E-state index in [1.54, 1.807) is 0 Å². The molecule has 1 rings (SSSR count). The molecule has 0 radical (unpaired) electrons. The Morgan fingerprint density at radius 3 is 2.05 bits per heavy atom. The third-order valence-corrected chi connectivity index (χ3v) is 3.93. The second-order valence-electron chi connectivity index (χ2n) is 6.05. The van der Waals surface area contributed by atoms with Crippen LogP contribution in [-0.2, 0) is 0 Å². The fraction of sp³-hybridized carbons (Fsp3) is 0.684. The minimum absolute atomic E-state index is 0.488. The van der Waals surface area contributed by atoms with Crippen LogP contribution in [0.2, 0.25) is 0 Å². The molecule has 0 fully saturated rings. The van der Waals surface area contributed by atoms with Crippen molar-refractivity contribution in [2.75, 3.05) is 26.2 Å².